The summed E-state index contributed by atoms with van der Waals surface area (Å²) >= 11 is 0. The van der Waals surface area contributed by atoms with E-state index in [1.54, 1.807) is 0 Å². The van der Waals surface area contributed by atoms with Gasteiger partial charge in [-0.05, 0) is 44.1 Å². The smallest absolute Gasteiger partial charge is 0.290 e. The fraction of sp³-hybridized carbons (Fsp3) is 0.429. The SMILES string of the molecule is O=C(c1cc2ccccc2o1)N1Cc2ccnn2[C@@H](CN2CCCCC2)C1. The molecule has 140 valence electrons. The van der Waals surface area contributed by atoms with Crippen molar-refractivity contribution < 1.29 is 9.21 Å². The maximum Gasteiger partial charge on any atom is 0.290 e. The summed E-state index contributed by atoms with van der Waals surface area (Å²) in [6.45, 7) is 4.47. The van der Waals surface area contributed by atoms with Crippen LogP contribution in [0.15, 0.2) is 47.0 Å². The van der Waals surface area contributed by atoms with Gasteiger partial charge < -0.3 is 14.2 Å². The van der Waals surface area contributed by atoms with Crippen LogP contribution >= 0.6 is 0 Å². The second kappa shape index (κ2) is 6.85. The molecule has 3 aromatic rings. The molecule has 5 rings (SSSR count). The van der Waals surface area contributed by atoms with Crippen molar-refractivity contribution in [2.75, 3.05) is 26.2 Å². The first-order valence-corrected chi connectivity index (χ1v) is 9.80. The Kier molecular flexibility index (Phi) is 4.20. The van der Waals surface area contributed by atoms with Crippen molar-refractivity contribution in [1.82, 2.24) is 19.6 Å². The van der Waals surface area contributed by atoms with Gasteiger partial charge in [-0.15, -0.1) is 0 Å². The van der Waals surface area contributed by atoms with Gasteiger partial charge in [-0.2, -0.15) is 5.10 Å². The van der Waals surface area contributed by atoms with Crippen LogP contribution in [-0.4, -0.2) is 51.7 Å². The van der Waals surface area contributed by atoms with E-state index in [4.69, 9.17) is 4.42 Å². The average Bonchev–Trinajstić information content (AvgIpc) is 3.35. The summed E-state index contributed by atoms with van der Waals surface area (Å²) in [4.78, 5) is 17.5. The molecule has 6 heteroatoms. The monoisotopic (exact) mass is 364 g/mol. The number of nitrogens with zero attached hydrogens (tertiary/aromatic N) is 4. The summed E-state index contributed by atoms with van der Waals surface area (Å²) < 4.78 is 7.92. The number of carbonyl (C=O) groups excluding carboxylic acids is 1. The van der Waals surface area contributed by atoms with E-state index in [0.29, 0.717) is 18.8 Å². The molecule has 4 heterocycles. The number of aromatic nitrogens is 2. The highest BCUT2D eigenvalue weighted by atomic mass is 16.3. The van der Waals surface area contributed by atoms with Crippen LogP contribution in [0.3, 0.4) is 0 Å². The van der Waals surface area contributed by atoms with E-state index in [0.717, 1.165) is 36.3 Å². The number of amides is 1. The van der Waals surface area contributed by atoms with Crippen molar-refractivity contribution in [3.8, 4) is 0 Å². The number of piperidine rings is 1. The number of hydrogen-bond donors (Lipinski definition) is 0. The highest BCUT2D eigenvalue weighted by molar-refractivity contribution is 5.96. The van der Waals surface area contributed by atoms with Gasteiger partial charge in [0, 0.05) is 24.7 Å². The predicted octanol–water partition coefficient (Wildman–Crippen LogP) is 3.31. The van der Waals surface area contributed by atoms with Crippen molar-refractivity contribution in [3.05, 3.63) is 54.0 Å². The first-order valence-electron chi connectivity index (χ1n) is 9.80. The van der Waals surface area contributed by atoms with Crippen molar-refractivity contribution in [2.45, 2.75) is 31.8 Å². The molecular weight excluding hydrogens is 340 g/mol. The van der Waals surface area contributed by atoms with Crippen molar-refractivity contribution >= 4 is 16.9 Å². The Labute approximate surface area is 158 Å². The fourth-order valence-electron chi connectivity index (χ4n) is 4.36. The summed E-state index contributed by atoms with van der Waals surface area (Å²) in [7, 11) is 0. The maximum atomic E-state index is 13.1. The fourth-order valence-corrected chi connectivity index (χ4v) is 4.36. The second-order valence-corrected chi connectivity index (χ2v) is 7.62. The number of fused-ring (bicyclic) bond motifs is 2. The van der Waals surface area contributed by atoms with E-state index >= 15 is 0 Å². The van der Waals surface area contributed by atoms with Crippen LogP contribution in [0.25, 0.3) is 11.0 Å². The van der Waals surface area contributed by atoms with Gasteiger partial charge in [0.15, 0.2) is 5.76 Å². The molecule has 1 aromatic carbocycles. The number of para-hydroxylation sites is 1. The molecule has 0 unspecified atom stereocenters. The molecule has 0 saturated carbocycles. The lowest BCUT2D eigenvalue weighted by Gasteiger charge is -2.37. The van der Waals surface area contributed by atoms with E-state index in [1.165, 1.54) is 19.3 Å². The molecular formula is C21H24N4O2. The minimum atomic E-state index is -0.0395. The molecule has 2 aliphatic rings. The molecule has 1 saturated heterocycles. The standard InChI is InChI=1S/C21H24N4O2/c26-21(20-12-16-6-2-3-7-19(16)27-20)24-14-17-8-9-22-25(17)18(15-24)13-23-10-4-1-5-11-23/h2-3,6-9,12,18H,1,4-5,10-11,13-15H2/t18-/m0/s1. The summed E-state index contributed by atoms with van der Waals surface area (Å²) in [6, 6.07) is 11.8. The van der Waals surface area contributed by atoms with E-state index in [2.05, 4.69) is 14.7 Å². The van der Waals surface area contributed by atoms with E-state index in [-0.39, 0.29) is 11.9 Å². The number of likely N-dealkylation sites (tertiary alicyclic amines) is 1. The normalized spacial score (nSPS) is 20.7. The maximum absolute atomic E-state index is 13.1. The second-order valence-electron chi connectivity index (χ2n) is 7.62. The van der Waals surface area contributed by atoms with E-state index in [9.17, 15) is 4.79 Å². The van der Waals surface area contributed by atoms with Gasteiger partial charge >= 0.3 is 0 Å². The van der Waals surface area contributed by atoms with Crippen LogP contribution in [0, 0.1) is 0 Å². The molecule has 0 spiro atoms. The van der Waals surface area contributed by atoms with E-state index < -0.39 is 0 Å². The molecule has 0 N–H and O–H groups in total. The molecule has 27 heavy (non-hydrogen) atoms. The summed E-state index contributed by atoms with van der Waals surface area (Å²) in [6.07, 6.45) is 5.69. The van der Waals surface area contributed by atoms with Crippen LogP contribution in [0.5, 0.6) is 0 Å². The molecule has 2 aliphatic heterocycles. The van der Waals surface area contributed by atoms with Crippen LogP contribution in [0.4, 0.5) is 0 Å². The minimum absolute atomic E-state index is 0.0395. The van der Waals surface area contributed by atoms with Gasteiger partial charge in [-0.25, -0.2) is 0 Å². The van der Waals surface area contributed by atoms with Gasteiger partial charge in [0.25, 0.3) is 5.91 Å². The van der Waals surface area contributed by atoms with Gasteiger partial charge in [0.2, 0.25) is 0 Å². The van der Waals surface area contributed by atoms with Crippen LogP contribution in [0.1, 0.15) is 41.6 Å². The van der Waals surface area contributed by atoms with Gasteiger partial charge in [-0.3, -0.25) is 9.48 Å². The first-order chi connectivity index (χ1) is 13.3. The average molecular weight is 364 g/mol. The zero-order chi connectivity index (χ0) is 18.2. The highest BCUT2D eigenvalue weighted by Crippen LogP contribution is 2.26. The largest absolute Gasteiger partial charge is 0.451 e. The molecule has 1 fully saturated rings. The molecule has 0 bridgehead atoms. The zero-order valence-corrected chi connectivity index (χ0v) is 15.4. The number of carbonyl (C=O) groups is 1. The van der Waals surface area contributed by atoms with Crippen molar-refractivity contribution in [2.24, 2.45) is 0 Å². The Bertz CT molecular complexity index is 921. The van der Waals surface area contributed by atoms with Crippen LogP contribution in [0.2, 0.25) is 0 Å². The Balaban J connectivity index is 1.39. The molecule has 1 amide bonds. The zero-order valence-electron chi connectivity index (χ0n) is 15.4. The molecule has 2 aromatic heterocycles. The number of furan rings is 1. The summed E-state index contributed by atoms with van der Waals surface area (Å²) in [5.74, 6) is 0.378. The number of benzene rings is 1. The third-order valence-corrected chi connectivity index (χ3v) is 5.72. The predicted molar refractivity (Wildman–Crippen MR) is 103 cm³/mol. The molecule has 6 nitrogen and oxygen atoms in total. The van der Waals surface area contributed by atoms with Crippen molar-refractivity contribution in [3.63, 3.8) is 0 Å². The molecule has 0 radical (unpaired) electrons. The van der Waals surface area contributed by atoms with Crippen molar-refractivity contribution in [1.29, 1.82) is 0 Å². The number of rotatable bonds is 3. The summed E-state index contributed by atoms with van der Waals surface area (Å²) in [5.41, 5.74) is 1.85. The summed E-state index contributed by atoms with van der Waals surface area (Å²) in [5, 5.41) is 5.50. The topological polar surface area (TPSA) is 54.5 Å². The lowest BCUT2D eigenvalue weighted by atomic mass is 10.1. The Morgan fingerprint density at radius 3 is 2.85 bits per heavy atom. The third-order valence-electron chi connectivity index (χ3n) is 5.72. The quantitative estimate of drug-likeness (QED) is 0.715. The minimum Gasteiger partial charge on any atom is -0.451 e. The molecule has 0 aliphatic carbocycles. The van der Waals surface area contributed by atoms with Gasteiger partial charge in [0.1, 0.15) is 5.58 Å². The highest BCUT2D eigenvalue weighted by Gasteiger charge is 2.31. The molecule has 1 atom stereocenters. The van der Waals surface area contributed by atoms with Crippen LogP contribution < -0.4 is 0 Å². The van der Waals surface area contributed by atoms with Gasteiger partial charge in [0.05, 0.1) is 18.3 Å². The van der Waals surface area contributed by atoms with Gasteiger partial charge in [-0.1, -0.05) is 24.6 Å². The first kappa shape index (κ1) is 16.6. The lowest BCUT2D eigenvalue weighted by Crippen LogP contribution is -2.46. The Morgan fingerprint density at radius 2 is 2.00 bits per heavy atom. The third kappa shape index (κ3) is 3.14. The Hall–Kier alpha value is -2.60. The van der Waals surface area contributed by atoms with Crippen LogP contribution in [-0.2, 0) is 6.54 Å². The lowest BCUT2D eigenvalue weighted by molar-refractivity contribution is 0.0602. The number of hydrogen-bond acceptors (Lipinski definition) is 4. The van der Waals surface area contributed by atoms with E-state index in [1.807, 2.05) is 47.5 Å². The Morgan fingerprint density at radius 1 is 1.15 bits per heavy atom.